The largest absolute Gasteiger partial charge is 0.489 e. The van der Waals surface area contributed by atoms with E-state index in [1.54, 1.807) is 12.1 Å². The molecule has 0 saturated carbocycles. The molecule has 1 saturated heterocycles. The fraction of sp³-hybridized carbons (Fsp3) is 0.433. The maximum Gasteiger partial charge on any atom is 0.434 e. The topological polar surface area (TPSA) is 78.3 Å². The molecule has 0 spiro atoms. The summed E-state index contributed by atoms with van der Waals surface area (Å²) in [5, 5.41) is 7.26. The predicted octanol–water partition coefficient (Wildman–Crippen LogP) is 6.25. The minimum absolute atomic E-state index is 0.0237. The van der Waals surface area contributed by atoms with Crippen molar-refractivity contribution in [3.63, 3.8) is 0 Å². The first kappa shape index (κ1) is 27.9. The molecule has 3 aromatic rings. The summed E-state index contributed by atoms with van der Waals surface area (Å²) >= 11 is 0. The number of alkyl halides is 3. The second-order valence-corrected chi connectivity index (χ2v) is 10.2. The third-order valence-corrected chi connectivity index (χ3v) is 7.54. The lowest BCUT2D eigenvalue weighted by Crippen LogP contribution is -2.26. The molecule has 0 bridgehead atoms. The van der Waals surface area contributed by atoms with Crippen LogP contribution in [0.25, 0.3) is 11.4 Å². The van der Waals surface area contributed by atoms with Crippen LogP contribution in [0.4, 0.5) is 13.2 Å². The van der Waals surface area contributed by atoms with Gasteiger partial charge >= 0.3 is 12.1 Å². The molecule has 7 nitrogen and oxygen atoms in total. The Morgan fingerprint density at radius 2 is 1.95 bits per heavy atom. The molecule has 3 heterocycles. The van der Waals surface area contributed by atoms with E-state index in [9.17, 15) is 18.0 Å². The molecule has 1 fully saturated rings. The Morgan fingerprint density at radius 3 is 2.67 bits per heavy atom. The summed E-state index contributed by atoms with van der Waals surface area (Å²) in [4.78, 5) is 16.7. The number of rotatable bonds is 8. The monoisotopic (exact) mass is 554 g/mol. The first-order chi connectivity index (χ1) is 19.3. The molecule has 2 aromatic heterocycles. The molecule has 5 rings (SSSR count). The lowest BCUT2D eigenvalue weighted by molar-refractivity contribution is -0.143. The molecular formula is C30H33F3N4O3. The van der Waals surface area contributed by atoms with Crippen LogP contribution in [-0.4, -0.2) is 47.0 Å². The number of nitrogens with one attached hydrogen (secondary N) is 1. The average Bonchev–Trinajstić information content (AvgIpc) is 3.61. The molecular weight excluding hydrogens is 521 g/mol. The number of esters is 1. The summed E-state index contributed by atoms with van der Waals surface area (Å²) in [5.74, 6) is 0.298. The van der Waals surface area contributed by atoms with E-state index < -0.39 is 23.4 Å². The number of carbonyl (C=O) groups excluding carboxylic acids is 1. The van der Waals surface area contributed by atoms with Crippen molar-refractivity contribution in [2.45, 2.75) is 58.0 Å². The van der Waals surface area contributed by atoms with Crippen LogP contribution in [0.3, 0.4) is 0 Å². The van der Waals surface area contributed by atoms with Crippen molar-refractivity contribution in [2.75, 3.05) is 26.3 Å². The normalized spacial score (nSPS) is 16.4. The van der Waals surface area contributed by atoms with Gasteiger partial charge in [-0.15, -0.1) is 0 Å². The molecule has 0 unspecified atom stereocenters. The zero-order valence-corrected chi connectivity index (χ0v) is 22.7. The number of ether oxygens (including phenoxy) is 2. The lowest BCUT2D eigenvalue weighted by Gasteiger charge is -2.23. The van der Waals surface area contributed by atoms with Crippen molar-refractivity contribution in [3.8, 4) is 11.6 Å². The van der Waals surface area contributed by atoms with E-state index in [1.807, 2.05) is 6.07 Å². The molecule has 10 heteroatoms. The van der Waals surface area contributed by atoms with E-state index in [-0.39, 0.29) is 12.4 Å². The molecule has 0 atom stereocenters. The van der Waals surface area contributed by atoms with Crippen LogP contribution in [0.2, 0.25) is 0 Å². The van der Waals surface area contributed by atoms with E-state index in [4.69, 9.17) is 9.47 Å². The Kier molecular flexibility index (Phi) is 8.25. The minimum atomic E-state index is -4.83. The number of allylic oxidation sites excluding steroid dienone is 1. The maximum atomic E-state index is 14.0. The van der Waals surface area contributed by atoms with Crippen molar-refractivity contribution in [3.05, 3.63) is 76.2 Å². The van der Waals surface area contributed by atoms with Crippen LogP contribution in [0.15, 0.2) is 48.2 Å². The van der Waals surface area contributed by atoms with Gasteiger partial charge in [0, 0.05) is 0 Å². The van der Waals surface area contributed by atoms with Crippen molar-refractivity contribution in [2.24, 2.45) is 0 Å². The SMILES string of the molecule is CCOC(=O)c1cnn(-c2cccc(C3=C(COc4ccc(C5CCNCC5)cc4C)CCC3)n2)c1C(F)(F)F. The van der Waals surface area contributed by atoms with Crippen LogP contribution in [-0.2, 0) is 10.9 Å². The first-order valence-electron chi connectivity index (χ1n) is 13.7. The molecule has 2 aliphatic rings. The third kappa shape index (κ3) is 5.91. The van der Waals surface area contributed by atoms with Gasteiger partial charge in [-0.05, 0) is 105 Å². The van der Waals surface area contributed by atoms with Gasteiger partial charge < -0.3 is 14.8 Å². The summed E-state index contributed by atoms with van der Waals surface area (Å²) in [7, 11) is 0. The number of nitrogens with zero attached hydrogens (tertiary/aromatic N) is 3. The Balaban J connectivity index is 1.38. The van der Waals surface area contributed by atoms with Crippen LogP contribution >= 0.6 is 0 Å². The van der Waals surface area contributed by atoms with Crippen molar-refractivity contribution >= 4 is 11.5 Å². The number of pyridine rings is 1. The summed E-state index contributed by atoms with van der Waals surface area (Å²) < 4.78 is 53.7. The Bertz CT molecular complexity index is 1410. The maximum absolute atomic E-state index is 14.0. The van der Waals surface area contributed by atoms with Crippen LogP contribution < -0.4 is 10.1 Å². The van der Waals surface area contributed by atoms with E-state index in [0.717, 1.165) is 73.8 Å². The third-order valence-electron chi connectivity index (χ3n) is 7.54. The fourth-order valence-corrected chi connectivity index (χ4v) is 5.55. The molecule has 212 valence electrons. The molecule has 1 N–H and O–H groups in total. The average molecular weight is 555 g/mol. The number of benzene rings is 1. The van der Waals surface area contributed by atoms with Crippen LogP contribution in [0.5, 0.6) is 5.75 Å². The molecule has 1 aliphatic carbocycles. The summed E-state index contributed by atoms with van der Waals surface area (Å²) in [6, 6.07) is 11.3. The van der Waals surface area contributed by atoms with Crippen molar-refractivity contribution in [1.82, 2.24) is 20.1 Å². The Morgan fingerprint density at radius 1 is 1.15 bits per heavy atom. The Hall–Kier alpha value is -3.66. The van der Waals surface area contributed by atoms with Gasteiger partial charge in [0.1, 0.15) is 17.9 Å². The number of halogens is 3. The molecule has 0 radical (unpaired) electrons. The smallest absolute Gasteiger partial charge is 0.434 e. The van der Waals surface area contributed by atoms with Crippen LogP contribution in [0, 0.1) is 6.92 Å². The van der Waals surface area contributed by atoms with Crippen molar-refractivity contribution < 1.29 is 27.4 Å². The number of hydrogen-bond acceptors (Lipinski definition) is 6. The van der Waals surface area contributed by atoms with Gasteiger partial charge in [-0.1, -0.05) is 18.2 Å². The number of hydrogen-bond donors (Lipinski definition) is 1. The number of carbonyl (C=O) groups is 1. The number of piperidine rings is 1. The summed E-state index contributed by atoms with van der Waals surface area (Å²) in [5.41, 5.74) is 3.21. The quantitative estimate of drug-likeness (QED) is 0.332. The fourth-order valence-electron chi connectivity index (χ4n) is 5.55. The van der Waals surface area contributed by atoms with Gasteiger partial charge in [-0.2, -0.15) is 18.3 Å². The molecule has 1 aliphatic heterocycles. The first-order valence-corrected chi connectivity index (χ1v) is 13.7. The van der Waals surface area contributed by atoms with E-state index in [0.29, 0.717) is 22.9 Å². The highest BCUT2D eigenvalue weighted by atomic mass is 19.4. The van der Waals surface area contributed by atoms with Gasteiger partial charge in [0.2, 0.25) is 0 Å². The zero-order valence-electron chi connectivity index (χ0n) is 22.7. The lowest BCUT2D eigenvalue weighted by atomic mass is 9.89. The molecule has 40 heavy (non-hydrogen) atoms. The number of aromatic nitrogens is 3. The Labute approximate surface area is 231 Å². The highest BCUT2D eigenvalue weighted by Crippen LogP contribution is 2.37. The molecule has 1 aromatic carbocycles. The van der Waals surface area contributed by atoms with E-state index in [1.165, 1.54) is 18.6 Å². The van der Waals surface area contributed by atoms with E-state index in [2.05, 4.69) is 34.5 Å². The van der Waals surface area contributed by atoms with Gasteiger partial charge in [-0.3, -0.25) is 0 Å². The summed E-state index contributed by atoms with van der Waals surface area (Å²) in [6.45, 7) is 6.01. The standard InChI is InChI=1S/C30H33F3N4O3/c1-3-39-29(38)24-17-35-37(28(24)30(31,32)33)27-9-5-8-25(36-27)23-7-4-6-22(23)18-40-26-11-10-21(16-19(26)2)20-12-14-34-15-13-20/h5,8-11,16-17,20,34H,3-4,6-7,12-15,18H2,1-2H3. The predicted molar refractivity (Wildman–Crippen MR) is 145 cm³/mol. The highest BCUT2D eigenvalue weighted by molar-refractivity contribution is 5.90. The van der Waals surface area contributed by atoms with E-state index >= 15 is 0 Å². The summed E-state index contributed by atoms with van der Waals surface area (Å²) in [6.07, 6.45) is 0.809. The van der Waals surface area contributed by atoms with Gasteiger partial charge in [-0.25, -0.2) is 14.5 Å². The van der Waals surface area contributed by atoms with Gasteiger partial charge in [0.05, 0.1) is 18.5 Å². The highest BCUT2D eigenvalue weighted by Gasteiger charge is 2.41. The van der Waals surface area contributed by atoms with Crippen molar-refractivity contribution in [1.29, 1.82) is 0 Å². The van der Waals surface area contributed by atoms with Crippen LogP contribution in [0.1, 0.15) is 77.8 Å². The van der Waals surface area contributed by atoms with Gasteiger partial charge in [0.25, 0.3) is 0 Å². The second-order valence-electron chi connectivity index (χ2n) is 10.2. The molecule has 0 amide bonds. The number of aryl methyl sites for hydroxylation is 1. The van der Waals surface area contributed by atoms with Gasteiger partial charge in [0.15, 0.2) is 11.5 Å². The zero-order chi connectivity index (χ0) is 28.3. The second kappa shape index (κ2) is 11.8. The minimum Gasteiger partial charge on any atom is -0.489 e.